The highest BCUT2D eigenvalue weighted by Crippen LogP contribution is 2.49. The van der Waals surface area contributed by atoms with Crippen LogP contribution in [0.15, 0.2) is 48.9 Å². The van der Waals surface area contributed by atoms with E-state index in [1.807, 2.05) is 19.1 Å². The third-order valence-electron chi connectivity index (χ3n) is 9.76. The molecular weight excluding hydrogens is 722 g/mol. The largest absolute Gasteiger partial charge is 0.465 e. The van der Waals surface area contributed by atoms with Gasteiger partial charge in [-0.05, 0) is 61.9 Å². The molecule has 3 aliphatic heterocycles. The lowest BCUT2D eigenvalue weighted by molar-refractivity contribution is -0.137. The molecule has 0 saturated carbocycles. The van der Waals surface area contributed by atoms with Gasteiger partial charge in [0.1, 0.15) is 12.1 Å². The zero-order chi connectivity index (χ0) is 40.4. The number of benzene rings is 1. The van der Waals surface area contributed by atoms with E-state index in [1.54, 1.807) is 31.3 Å². The summed E-state index contributed by atoms with van der Waals surface area (Å²) in [6, 6.07) is 6.29. The zero-order valence-corrected chi connectivity index (χ0v) is 32.5. The molecule has 6 rings (SSSR count). The molecule has 5 heterocycles. The van der Waals surface area contributed by atoms with Gasteiger partial charge in [-0.15, -0.1) is 0 Å². The topological polar surface area (TPSA) is 213 Å². The number of carboxylic acid groups (broad SMARTS) is 2. The highest BCUT2D eigenvalue weighted by molar-refractivity contribution is 5.89. The van der Waals surface area contributed by atoms with Crippen LogP contribution in [0.1, 0.15) is 75.5 Å². The van der Waals surface area contributed by atoms with Crippen molar-refractivity contribution in [2.24, 2.45) is 5.41 Å². The number of carbonyl (C=O) groups is 4. The van der Waals surface area contributed by atoms with Gasteiger partial charge in [0.15, 0.2) is 5.82 Å². The van der Waals surface area contributed by atoms with Gasteiger partial charge in [0.2, 0.25) is 0 Å². The van der Waals surface area contributed by atoms with E-state index in [0.717, 1.165) is 28.2 Å². The van der Waals surface area contributed by atoms with Crippen molar-refractivity contribution >= 4 is 35.7 Å². The highest BCUT2D eigenvalue weighted by atomic mass is 16.5. The lowest BCUT2D eigenvalue weighted by atomic mass is 9.72. The van der Waals surface area contributed by atoms with Crippen LogP contribution in [0.5, 0.6) is 0 Å². The zero-order valence-electron chi connectivity index (χ0n) is 32.5. The maximum atomic E-state index is 12.7. The van der Waals surface area contributed by atoms with Gasteiger partial charge in [-0.1, -0.05) is 26.8 Å². The molecule has 0 bridgehead atoms. The first kappa shape index (κ1) is 41.3. The minimum Gasteiger partial charge on any atom is -0.465 e. The Morgan fingerprint density at radius 2 is 1.75 bits per heavy atom. The molecule has 1 unspecified atom stereocenters. The number of fused-ring (bicyclic) bond motifs is 2. The van der Waals surface area contributed by atoms with Gasteiger partial charge in [0.25, 0.3) is 0 Å². The second kappa shape index (κ2) is 18.7. The van der Waals surface area contributed by atoms with E-state index in [2.05, 4.69) is 46.3 Å². The maximum absolute atomic E-state index is 12.7. The maximum Gasteiger partial charge on any atom is 0.407 e. The van der Waals surface area contributed by atoms with Crippen molar-refractivity contribution in [1.82, 2.24) is 35.1 Å². The molecule has 300 valence electrons. The number of urea groups is 1. The molecule has 0 spiro atoms. The SMILES string of the molecule is CCNC(=O)Nc1ccc(-c2nc3c(c(N4CCOCC4)n2)C(C(C)(C)C)CN(C(=O)O)[C@@H]3C/C=C/C(=O)OCC)cc1.O=C(O)N1CCc2cncnc2C1. The molecule has 3 aromatic rings. The van der Waals surface area contributed by atoms with E-state index >= 15 is 0 Å². The van der Waals surface area contributed by atoms with E-state index in [9.17, 15) is 24.3 Å². The smallest absolute Gasteiger partial charge is 0.407 e. The molecule has 2 atom stereocenters. The summed E-state index contributed by atoms with van der Waals surface area (Å²) in [5, 5.41) is 24.6. The Morgan fingerprint density at radius 1 is 1.02 bits per heavy atom. The Kier molecular flexibility index (Phi) is 13.8. The number of carbonyl (C=O) groups excluding carboxylic acids is 2. The van der Waals surface area contributed by atoms with E-state index < -0.39 is 24.2 Å². The van der Waals surface area contributed by atoms with Crippen LogP contribution in [0, 0.1) is 5.41 Å². The summed E-state index contributed by atoms with van der Waals surface area (Å²) in [6.45, 7) is 14.2. The Balaban J connectivity index is 0.000000386. The van der Waals surface area contributed by atoms with Crippen LogP contribution < -0.4 is 15.5 Å². The van der Waals surface area contributed by atoms with Gasteiger partial charge < -0.3 is 40.1 Å². The lowest BCUT2D eigenvalue weighted by Gasteiger charge is -2.45. The summed E-state index contributed by atoms with van der Waals surface area (Å²) in [5.41, 5.74) is 4.47. The monoisotopic (exact) mass is 773 g/mol. The molecule has 0 radical (unpaired) electrons. The van der Waals surface area contributed by atoms with Gasteiger partial charge in [-0.25, -0.2) is 39.1 Å². The van der Waals surface area contributed by atoms with Crippen molar-refractivity contribution in [2.75, 3.05) is 62.8 Å². The molecule has 0 aliphatic carbocycles. The fraction of sp³-hybridized carbons (Fsp3) is 0.487. The molecule has 2 aromatic heterocycles. The molecule has 4 amide bonds. The van der Waals surface area contributed by atoms with E-state index in [1.165, 1.54) is 22.2 Å². The number of amides is 4. The Hall–Kier alpha value is -5.84. The van der Waals surface area contributed by atoms with Crippen LogP contribution in [-0.4, -0.2) is 117 Å². The number of hydrogen-bond donors (Lipinski definition) is 4. The molecule has 1 fully saturated rings. The number of nitrogens with one attached hydrogen (secondary N) is 2. The summed E-state index contributed by atoms with van der Waals surface area (Å²) in [4.78, 5) is 70.4. The molecule has 1 saturated heterocycles. The Labute approximate surface area is 326 Å². The summed E-state index contributed by atoms with van der Waals surface area (Å²) >= 11 is 0. The molecular formula is C39H51N9O8. The van der Waals surface area contributed by atoms with Crippen molar-refractivity contribution in [3.8, 4) is 11.4 Å². The first-order chi connectivity index (χ1) is 26.8. The standard InChI is InChI=1S/C31H42N6O6.C8H9N3O2/c1-6-32-29(39)33-21-13-11-20(12-14-21)27-34-26-23(9-8-10-24(38)43-7-2)37(30(40)41)19-22(31(3,4)5)25(26)28(35-27)36-15-17-42-18-16-36;12-8(13)11-2-1-6-3-9-5-10-7(6)4-11/h8,10-14,22-23H,6-7,9,15-19H2,1-5H3,(H,40,41)(H2,32,33,39);3,5H,1-2,4H2,(H,12,13)/b10-8+;/t22?,23-;/m1./s1. The van der Waals surface area contributed by atoms with Gasteiger partial charge >= 0.3 is 24.2 Å². The van der Waals surface area contributed by atoms with Crippen molar-refractivity contribution in [3.05, 3.63) is 71.5 Å². The molecule has 17 heteroatoms. The number of morpholine rings is 1. The number of hydrogen-bond acceptors (Lipinski definition) is 11. The molecule has 17 nitrogen and oxygen atoms in total. The first-order valence-corrected chi connectivity index (χ1v) is 18.8. The third kappa shape index (κ3) is 10.3. The summed E-state index contributed by atoms with van der Waals surface area (Å²) in [6.07, 6.45) is 5.20. The van der Waals surface area contributed by atoms with Crippen LogP contribution in [0.4, 0.5) is 25.9 Å². The van der Waals surface area contributed by atoms with Crippen LogP contribution in [0.2, 0.25) is 0 Å². The van der Waals surface area contributed by atoms with Crippen molar-refractivity contribution in [3.63, 3.8) is 0 Å². The number of aromatic nitrogens is 4. The number of ether oxygens (including phenoxy) is 2. The van der Waals surface area contributed by atoms with Gasteiger partial charge in [-0.3, -0.25) is 4.90 Å². The van der Waals surface area contributed by atoms with Crippen molar-refractivity contribution < 1.29 is 38.9 Å². The average molecular weight is 774 g/mol. The fourth-order valence-electron chi connectivity index (χ4n) is 6.86. The van der Waals surface area contributed by atoms with E-state index in [0.29, 0.717) is 69.6 Å². The van der Waals surface area contributed by atoms with E-state index in [4.69, 9.17) is 24.5 Å². The first-order valence-electron chi connectivity index (χ1n) is 18.8. The van der Waals surface area contributed by atoms with Gasteiger partial charge in [0.05, 0.1) is 43.8 Å². The number of esters is 1. The quantitative estimate of drug-likeness (QED) is 0.169. The van der Waals surface area contributed by atoms with E-state index in [-0.39, 0.29) is 36.9 Å². The minimum absolute atomic E-state index is 0.181. The van der Waals surface area contributed by atoms with Gasteiger partial charge in [-0.2, -0.15) is 0 Å². The van der Waals surface area contributed by atoms with Crippen LogP contribution in [-0.2, 0) is 27.2 Å². The Bertz CT molecular complexity index is 1890. The molecule has 3 aliphatic rings. The predicted molar refractivity (Wildman–Crippen MR) is 207 cm³/mol. The predicted octanol–water partition coefficient (Wildman–Crippen LogP) is 5.31. The van der Waals surface area contributed by atoms with Crippen LogP contribution in [0.25, 0.3) is 11.4 Å². The van der Waals surface area contributed by atoms with Crippen LogP contribution in [0.3, 0.4) is 0 Å². The third-order valence-corrected chi connectivity index (χ3v) is 9.76. The molecule has 4 N–H and O–H groups in total. The second-order valence-corrected chi connectivity index (χ2v) is 14.5. The highest BCUT2D eigenvalue weighted by Gasteiger charge is 2.44. The second-order valence-electron chi connectivity index (χ2n) is 14.5. The fourth-order valence-corrected chi connectivity index (χ4v) is 6.86. The molecule has 56 heavy (non-hydrogen) atoms. The average Bonchev–Trinajstić information content (AvgIpc) is 3.17. The summed E-state index contributed by atoms with van der Waals surface area (Å²) < 4.78 is 10.7. The van der Waals surface area contributed by atoms with Crippen LogP contribution >= 0.6 is 0 Å². The van der Waals surface area contributed by atoms with Crippen molar-refractivity contribution in [2.45, 2.75) is 66.0 Å². The van der Waals surface area contributed by atoms with Gasteiger partial charge in [0, 0.05) is 67.7 Å². The normalized spacial score (nSPS) is 17.9. The van der Waals surface area contributed by atoms with Crippen molar-refractivity contribution in [1.29, 1.82) is 0 Å². The summed E-state index contributed by atoms with van der Waals surface area (Å²) in [7, 11) is 0. The summed E-state index contributed by atoms with van der Waals surface area (Å²) in [5.74, 6) is 0.562. The number of nitrogens with zero attached hydrogens (tertiary/aromatic N) is 7. The molecule has 1 aromatic carbocycles. The number of rotatable bonds is 8. The minimum atomic E-state index is -1.05. The number of anilines is 2. The Morgan fingerprint density at radius 3 is 2.39 bits per heavy atom. The lowest BCUT2D eigenvalue weighted by Crippen LogP contribution is -2.47.